The Bertz CT molecular complexity index is 1160. The Hall–Kier alpha value is -2.95. The van der Waals surface area contributed by atoms with E-state index in [1.807, 2.05) is 50.2 Å². The van der Waals surface area contributed by atoms with Crippen LogP contribution in [0.25, 0.3) is 11.5 Å². The molecule has 0 radical (unpaired) electrons. The zero-order chi connectivity index (χ0) is 26.8. The lowest BCUT2D eigenvalue weighted by Gasteiger charge is -2.43. The van der Waals surface area contributed by atoms with Crippen molar-refractivity contribution in [1.82, 2.24) is 10.1 Å². The molecule has 0 bridgehead atoms. The third-order valence-electron chi connectivity index (χ3n) is 7.81. The van der Waals surface area contributed by atoms with Gasteiger partial charge in [-0.2, -0.15) is 4.98 Å². The molecule has 0 spiro atoms. The van der Waals surface area contributed by atoms with E-state index in [-0.39, 0.29) is 23.9 Å². The number of thiophene rings is 1. The molecule has 1 aromatic carbocycles. The summed E-state index contributed by atoms with van der Waals surface area (Å²) in [4.78, 5) is 19.3. The maximum atomic E-state index is 13.6. The van der Waals surface area contributed by atoms with Crippen LogP contribution in [0.1, 0.15) is 75.9 Å². The van der Waals surface area contributed by atoms with Crippen LogP contribution < -0.4 is 5.32 Å². The molecular formula is C31H40N3O3S+. The van der Waals surface area contributed by atoms with Crippen molar-refractivity contribution in [1.29, 1.82) is 0 Å². The van der Waals surface area contributed by atoms with Gasteiger partial charge in [0.1, 0.15) is 18.1 Å². The van der Waals surface area contributed by atoms with Crippen LogP contribution in [0.5, 0.6) is 0 Å². The number of nitrogens with two attached hydrogens (primary N) is 1. The lowest BCUT2D eigenvalue weighted by atomic mass is 9.69. The Labute approximate surface area is 230 Å². The van der Waals surface area contributed by atoms with Gasteiger partial charge in [-0.1, -0.05) is 69.0 Å². The molecular weight excluding hydrogens is 494 g/mol. The van der Waals surface area contributed by atoms with Crippen LogP contribution >= 0.6 is 11.3 Å². The fourth-order valence-corrected chi connectivity index (χ4v) is 6.61. The molecule has 2 N–H and O–H groups in total. The van der Waals surface area contributed by atoms with Crippen molar-refractivity contribution in [3.05, 3.63) is 58.5 Å². The highest BCUT2D eigenvalue weighted by Gasteiger charge is 2.48. The van der Waals surface area contributed by atoms with E-state index in [1.165, 1.54) is 12.8 Å². The fourth-order valence-electron chi connectivity index (χ4n) is 5.64. The molecule has 2 aromatic heterocycles. The summed E-state index contributed by atoms with van der Waals surface area (Å²) < 4.78 is 11.6. The number of terminal acetylenes is 1. The normalized spacial score (nSPS) is 22.2. The van der Waals surface area contributed by atoms with Crippen molar-refractivity contribution < 1.29 is 19.4 Å². The van der Waals surface area contributed by atoms with E-state index >= 15 is 0 Å². The summed E-state index contributed by atoms with van der Waals surface area (Å²) in [7, 11) is 0. The van der Waals surface area contributed by atoms with E-state index in [2.05, 4.69) is 32.8 Å². The van der Waals surface area contributed by atoms with Gasteiger partial charge >= 0.3 is 5.97 Å². The Morgan fingerprint density at radius 2 is 1.92 bits per heavy atom. The molecule has 3 aromatic rings. The van der Waals surface area contributed by atoms with Crippen LogP contribution in [-0.2, 0) is 21.5 Å². The molecule has 38 heavy (non-hydrogen) atoms. The Morgan fingerprint density at radius 3 is 2.61 bits per heavy atom. The van der Waals surface area contributed by atoms with Crippen LogP contribution in [0.2, 0.25) is 0 Å². The molecule has 3 unspecified atom stereocenters. The Balaban J connectivity index is 0.00000164. The van der Waals surface area contributed by atoms with Gasteiger partial charge in [0.25, 0.3) is 5.89 Å². The average molecular weight is 535 g/mol. The maximum absolute atomic E-state index is 13.6. The van der Waals surface area contributed by atoms with E-state index < -0.39 is 5.41 Å². The third-order valence-corrected chi connectivity index (χ3v) is 8.89. The number of hydrogen-bond donors (Lipinski definition) is 1. The third kappa shape index (κ3) is 6.36. The summed E-state index contributed by atoms with van der Waals surface area (Å²) >= 11 is 1.68. The number of carbonyl (C=O) groups is 1. The summed E-state index contributed by atoms with van der Waals surface area (Å²) in [6.07, 6.45) is 13.7. The number of aromatic nitrogens is 2. The van der Waals surface area contributed by atoms with Crippen LogP contribution in [0.3, 0.4) is 0 Å². The zero-order valence-corrected chi connectivity index (χ0v) is 23.4. The molecule has 2 aliphatic carbocycles. The van der Waals surface area contributed by atoms with Crippen molar-refractivity contribution in [2.75, 3.05) is 6.54 Å². The lowest BCUT2D eigenvalue weighted by Crippen LogP contribution is -2.83. The van der Waals surface area contributed by atoms with Gasteiger partial charge in [-0.25, -0.2) is 0 Å². The summed E-state index contributed by atoms with van der Waals surface area (Å²) in [6, 6.07) is 13.9. The monoisotopic (exact) mass is 534 g/mol. The van der Waals surface area contributed by atoms with Gasteiger partial charge in [-0.05, 0) is 42.8 Å². The molecule has 2 aliphatic rings. The number of hydrogen-bond acceptors (Lipinski definition) is 6. The van der Waals surface area contributed by atoms with Gasteiger partial charge < -0.3 is 14.6 Å². The van der Waals surface area contributed by atoms with Crippen LogP contribution in [0, 0.1) is 24.2 Å². The van der Waals surface area contributed by atoms with E-state index in [0.717, 1.165) is 55.5 Å². The second-order valence-corrected chi connectivity index (χ2v) is 11.0. The zero-order valence-electron chi connectivity index (χ0n) is 22.6. The smallest absolute Gasteiger partial charge is 0.317 e. The molecule has 5 rings (SSSR count). The number of benzene rings is 1. The molecule has 2 saturated carbocycles. The van der Waals surface area contributed by atoms with Crippen molar-refractivity contribution in [2.24, 2.45) is 11.8 Å². The van der Waals surface area contributed by atoms with Crippen molar-refractivity contribution in [3.8, 4) is 23.8 Å². The first-order valence-electron chi connectivity index (χ1n) is 14.1. The van der Waals surface area contributed by atoms with Gasteiger partial charge in [0, 0.05) is 28.7 Å². The minimum Gasteiger partial charge on any atom is -0.461 e. The molecule has 0 saturated heterocycles. The van der Waals surface area contributed by atoms with E-state index in [9.17, 15) is 4.79 Å². The van der Waals surface area contributed by atoms with Crippen LogP contribution in [0.15, 0.2) is 52.4 Å². The Morgan fingerprint density at radius 1 is 1.16 bits per heavy atom. The van der Waals surface area contributed by atoms with Gasteiger partial charge in [-0.3, -0.25) is 4.79 Å². The summed E-state index contributed by atoms with van der Waals surface area (Å²) in [5, 5.41) is 8.34. The van der Waals surface area contributed by atoms with E-state index in [1.54, 1.807) is 11.3 Å². The van der Waals surface area contributed by atoms with Crippen molar-refractivity contribution in [3.63, 3.8) is 0 Å². The quantitative estimate of drug-likeness (QED) is 0.164. The fraction of sp³-hybridized carbons (Fsp3) is 0.516. The highest BCUT2D eigenvalue weighted by molar-refractivity contribution is 7.10. The molecule has 2 fully saturated rings. The lowest BCUT2D eigenvalue weighted by molar-refractivity contribution is -0.673. The number of esters is 1. The van der Waals surface area contributed by atoms with Gasteiger partial charge in [0.2, 0.25) is 5.82 Å². The number of quaternary nitrogens is 1. The minimum absolute atomic E-state index is 0.0402. The highest BCUT2D eigenvalue weighted by atomic mass is 32.1. The minimum atomic E-state index is -0.488. The van der Waals surface area contributed by atoms with E-state index in [4.69, 9.17) is 15.7 Å². The molecule has 7 heteroatoms. The van der Waals surface area contributed by atoms with Crippen LogP contribution in [-0.4, -0.2) is 28.8 Å². The summed E-state index contributed by atoms with van der Waals surface area (Å²) in [6.45, 7) is 5.50. The molecule has 2 heterocycles. The van der Waals surface area contributed by atoms with Gasteiger partial charge in [-0.15, -0.1) is 23.7 Å². The topological polar surface area (TPSA) is 81.8 Å². The maximum Gasteiger partial charge on any atom is 0.317 e. The second kappa shape index (κ2) is 13.7. The first kappa shape index (κ1) is 28.1. The standard InChI is InChI=1S/C29H33N3O3S.C2H6/c1-2-21-19-24(34-28(33)29(25-13-10-18-36-25)15-8-3-4-9-16-29)23(21)14-17-30-20-26-31-27(35-32-26)22-11-6-5-7-12-22;1-2/h1,5-7,10-13,18,21,23-24,30H,3-4,8-9,14-17,19-20H2;1-2H3/p+1. The first-order valence-corrected chi connectivity index (χ1v) is 15.0. The predicted octanol–water partition coefficient (Wildman–Crippen LogP) is 5.75. The molecule has 0 aliphatic heterocycles. The SMILES string of the molecule is C#CC1CC(OC(=O)C2(c3cccs3)CCCCCC2)C1CC[NH2+]Cc1noc(-c2ccccc2)n1.CC. The Kier molecular flexibility index (Phi) is 10.1. The average Bonchev–Trinajstić information content (AvgIpc) is 3.61. The number of ether oxygens (including phenoxy) is 1. The molecule has 0 amide bonds. The molecule has 6 nitrogen and oxygen atoms in total. The van der Waals surface area contributed by atoms with E-state index in [0.29, 0.717) is 18.3 Å². The largest absolute Gasteiger partial charge is 0.461 e. The van der Waals surface area contributed by atoms with Gasteiger partial charge in [0.05, 0.1) is 6.54 Å². The molecule has 202 valence electrons. The van der Waals surface area contributed by atoms with Crippen molar-refractivity contribution in [2.45, 2.75) is 83.3 Å². The van der Waals surface area contributed by atoms with Crippen LogP contribution in [0.4, 0.5) is 0 Å². The predicted molar refractivity (Wildman–Crippen MR) is 150 cm³/mol. The number of rotatable bonds is 9. The van der Waals surface area contributed by atoms with Crippen molar-refractivity contribution >= 4 is 17.3 Å². The number of carbonyl (C=O) groups excluding carboxylic acids is 1. The molecule has 3 atom stereocenters. The number of nitrogens with zero attached hydrogens (tertiary/aromatic N) is 2. The summed E-state index contributed by atoms with van der Waals surface area (Å²) in [5.74, 6) is 4.45. The highest BCUT2D eigenvalue weighted by Crippen LogP contribution is 2.45. The first-order chi connectivity index (χ1) is 18.7. The van der Waals surface area contributed by atoms with Gasteiger partial charge in [0.15, 0.2) is 0 Å². The summed E-state index contributed by atoms with van der Waals surface area (Å²) in [5.41, 5.74) is 0.429. The second-order valence-electron chi connectivity index (χ2n) is 10.0.